The highest BCUT2D eigenvalue weighted by Gasteiger charge is 2.50. The van der Waals surface area contributed by atoms with Crippen LogP contribution >= 0.6 is 0 Å². The van der Waals surface area contributed by atoms with Gasteiger partial charge in [0, 0.05) is 17.1 Å². The van der Waals surface area contributed by atoms with Gasteiger partial charge in [-0.15, -0.1) is 0 Å². The fraction of sp³-hybridized carbons (Fsp3) is 0.438. The molecule has 1 aromatic heterocycles. The van der Waals surface area contributed by atoms with Crippen molar-refractivity contribution >= 4 is 10.9 Å². The molecular weight excluding hydrogens is 222 g/mol. The third-order valence-electron chi connectivity index (χ3n) is 4.91. The second-order valence-electron chi connectivity index (χ2n) is 5.92. The van der Waals surface area contributed by atoms with E-state index >= 15 is 0 Å². The third-order valence-corrected chi connectivity index (χ3v) is 4.91. The summed E-state index contributed by atoms with van der Waals surface area (Å²) in [5.41, 5.74) is 1.42. The van der Waals surface area contributed by atoms with Crippen LogP contribution in [-0.2, 0) is 5.60 Å². The Morgan fingerprint density at radius 3 is 2.89 bits per heavy atom. The highest BCUT2D eigenvalue weighted by atomic mass is 16.3. The number of nitrogens with zero attached hydrogens (tertiary/aromatic N) is 1. The SMILES string of the molecule is OC1(c2cnc3ccccc3c2)CC2CCC1C2. The molecule has 4 rings (SSSR count). The van der Waals surface area contributed by atoms with Crippen LogP contribution in [-0.4, -0.2) is 10.1 Å². The average Bonchev–Trinajstić information content (AvgIpc) is 2.99. The zero-order valence-electron chi connectivity index (χ0n) is 10.3. The van der Waals surface area contributed by atoms with Gasteiger partial charge in [0.1, 0.15) is 0 Å². The Bertz CT molecular complexity index is 609. The number of aliphatic hydroxyl groups is 1. The lowest BCUT2D eigenvalue weighted by Crippen LogP contribution is -2.32. The molecule has 2 bridgehead atoms. The predicted molar refractivity (Wildman–Crippen MR) is 71.1 cm³/mol. The van der Waals surface area contributed by atoms with E-state index in [2.05, 4.69) is 17.1 Å². The molecule has 1 N–H and O–H groups in total. The minimum atomic E-state index is -0.611. The van der Waals surface area contributed by atoms with Gasteiger partial charge in [0.05, 0.1) is 11.1 Å². The number of para-hydroxylation sites is 1. The first-order chi connectivity index (χ1) is 8.75. The quantitative estimate of drug-likeness (QED) is 0.828. The van der Waals surface area contributed by atoms with E-state index in [4.69, 9.17) is 0 Å². The number of fused-ring (bicyclic) bond motifs is 3. The van der Waals surface area contributed by atoms with Gasteiger partial charge in [0.25, 0.3) is 0 Å². The van der Waals surface area contributed by atoms with Crippen LogP contribution in [0.15, 0.2) is 36.5 Å². The van der Waals surface area contributed by atoms with E-state index in [1.165, 1.54) is 19.3 Å². The molecule has 18 heavy (non-hydrogen) atoms. The molecule has 2 aliphatic carbocycles. The second-order valence-corrected chi connectivity index (χ2v) is 5.92. The minimum absolute atomic E-state index is 0.450. The van der Waals surface area contributed by atoms with Crippen molar-refractivity contribution in [2.24, 2.45) is 11.8 Å². The third kappa shape index (κ3) is 1.36. The average molecular weight is 239 g/mol. The first-order valence-electron chi connectivity index (χ1n) is 6.83. The Balaban J connectivity index is 1.83. The summed E-state index contributed by atoms with van der Waals surface area (Å²) in [4.78, 5) is 4.49. The summed E-state index contributed by atoms with van der Waals surface area (Å²) in [5.74, 6) is 1.18. The first-order valence-corrected chi connectivity index (χ1v) is 6.83. The highest BCUT2D eigenvalue weighted by Crippen LogP contribution is 2.55. The molecule has 1 aromatic carbocycles. The zero-order chi connectivity index (χ0) is 12.2. The van der Waals surface area contributed by atoms with E-state index in [1.807, 2.05) is 24.4 Å². The monoisotopic (exact) mass is 239 g/mol. The van der Waals surface area contributed by atoms with E-state index < -0.39 is 5.60 Å². The topological polar surface area (TPSA) is 33.1 Å². The molecule has 2 heteroatoms. The van der Waals surface area contributed by atoms with Crippen LogP contribution in [0.25, 0.3) is 10.9 Å². The van der Waals surface area contributed by atoms with Crippen LogP contribution in [0.1, 0.15) is 31.2 Å². The lowest BCUT2D eigenvalue weighted by atomic mass is 9.79. The molecule has 2 fully saturated rings. The molecule has 92 valence electrons. The summed E-state index contributed by atoms with van der Waals surface area (Å²) in [5, 5.41) is 12.1. The van der Waals surface area contributed by atoms with Crippen LogP contribution in [0.2, 0.25) is 0 Å². The van der Waals surface area contributed by atoms with E-state index in [9.17, 15) is 5.11 Å². The largest absolute Gasteiger partial charge is 0.385 e. The summed E-state index contributed by atoms with van der Waals surface area (Å²) in [7, 11) is 0. The standard InChI is InChI=1S/C16H17NO/c18-16(9-11-5-6-13(16)7-11)14-8-12-3-1-2-4-15(12)17-10-14/h1-4,8,10-11,13,18H,5-7,9H2. The summed E-state index contributed by atoms with van der Waals surface area (Å²) in [6, 6.07) is 10.2. The van der Waals surface area contributed by atoms with Crippen LogP contribution in [0.4, 0.5) is 0 Å². The van der Waals surface area contributed by atoms with Gasteiger partial charge < -0.3 is 5.11 Å². The van der Waals surface area contributed by atoms with E-state index in [1.54, 1.807) is 0 Å². The maximum Gasteiger partial charge on any atom is 0.0942 e. The van der Waals surface area contributed by atoms with Gasteiger partial charge in [-0.3, -0.25) is 4.98 Å². The maximum atomic E-state index is 11.0. The number of benzene rings is 1. The van der Waals surface area contributed by atoms with Crippen molar-refractivity contribution in [1.82, 2.24) is 4.98 Å². The Kier molecular flexibility index (Phi) is 2.07. The van der Waals surface area contributed by atoms with Crippen LogP contribution in [0.5, 0.6) is 0 Å². The zero-order valence-corrected chi connectivity index (χ0v) is 10.3. The normalized spacial score (nSPS) is 34.3. The number of hydrogen-bond donors (Lipinski definition) is 1. The fourth-order valence-electron chi connectivity index (χ4n) is 3.96. The Hall–Kier alpha value is -1.41. The van der Waals surface area contributed by atoms with Gasteiger partial charge in [-0.05, 0) is 49.7 Å². The Morgan fingerprint density at radius 2 is 2.11 bits per heavy atom. The van der Waals surface area contributed by atoms with Gasteiger partial charge in [0.2, 0.25) is 0 Å². The second kappa shape index (κ2) is 3.55. The maximum absolute atomic E-state index is 11.0. The number of rotatable bonds is 1. The van der Waals surface area contributed by atoms with E-state index in [0.29, 0.717) is 5.92 Å². The Labute approximate surface area is 107 Å². The minimum Gasteiger partial charge on any atom is -0.385 e. The summed E-state index contributed by atoms with van der Waals surface area (Å²) < 4.78 is 0. The molecule has 2 aromatic rings. The van der Waals surface area contributed by atoms with Crippen molar-refractivity contribution in [1.29, 1.82) is 0 Å². The van der Waals surface area contributed by atoms with Crippen molar-refractivity contribution in [2.45, 2.75) is 31.3 Å². The van der Waals surface area contributed by atoms with Crippen molar-refractivity contribution in [3.8, 4) is 0 Å². The van der Waals surface area contributed by atoms with Crippen LogP contribution in [0.3, 0.4) is 0 Å². The van der Waals surface area contributed by atoms with Gasteiger partial charge in [-0.25, -0.2) is 0 Å². The van der Waals surface area contributed by atoms with Crippen LogP contribution < -0.4 is 0 Å². The molecule has 3 atom stereocenters. The first kappa shape index (κ1) is 10.5. The fourth-order valence-corrected chi connectivity index (χ4v) is 3.96. The lowest BCUT2D eigenvalue weighted by molar-refractivity contribution is -0.0183. The lowest BCUT2D eigenvalue weighted by Gasteiger charge is -2.32. The van der Waals surface area contributed by atoms with Crippen molar-refractivity contribution in [3.05, 3.63) is 42.1 Å². The molecule has 0 saturated heterocycles. The van der Waals surface area contributed by atoms with Gasteiger partial charge in [-0.2, -0.15) is 0 Å². The summed E-state index contributed by atoms with van der Waals surface area (Å²) >= 11 is 0. The number of pyridine rings is 1. The molecule has 0 spiro atoms. The molecule has 0 radical (unpaired) electrons. The molecule has 2 saturated carbocycles. The van der Waals surface area contributed by atoms with Gasteiger partial charge in [0.15, 0.2) is 0 Å². The van der Waals surface area contributed by atoms with Crippen molar-refractivity contribution < 1.29 is 5.11 Å². The molecule has 0 amide bonds. The van der Waals surface area contributed by atoms with Crippen LogP contribution in [0, 0.1) is 11.8 Å². The highest BCUT2D eigenvalue weighted by molar-refractivity contribution is 5.79. The van der Waals surface area contributed by atoms with Crippen molar-refractivity contribution in [2.75, 3.05) is 0 Å². The summed E-state index contributed by atoms with van der Waals surface area (Å²) in [6.07, 6.45) is 6.48. The molecule has 3 unspecified atom stereocenters. The van der Waals surface area contributed by atoms with Crippen molar-refractivity contribution in [3.63, 3.8) is 0 Å². The summed E-state index contributed by atoms with van der Waals surface area (Å²) in [6.45, 7) is 0. The molecule has 2 aliphatic rings. The molecular formula is C16H17NO. The van der Waals surface area contributed by atoms with Gasteiger partial charge >= 0.3 is 0 Å². The number of aromatic nitrogens is 1. The molecule has 2 nitrogen and oxygen atoms in total. The Morgan fingerprint density at radius 1 is 1.22 bits per heavy atom. The van der Waals surface area contributed by atoms with E-state index in [0.717, 1.165) is 28.8 Å². The van der Waals surface area contributed by atoms with E-state index in [-0.39, 0.29) is 0 Å². The van der Waals surface area contributed by atoms with Gasteiger partial charge in [-0.1, -0.05) is 18.2 Å². The predicted octanol–water partition coefficient (Wildman–Crippen LogP) is 3.24. The smallest absolute Gasteiger partial charge is 0.0942 e. The molecule has 1 heterocycles. The molecule has 0 aliphatic heterocycles. The number of hydrogen-bond acceptors (Lipinski definition) is 2.